The zero-order valence-electron chi connectivity index (χ0n) is 28.6. The molecule has 3 aromatic carbocycles. The molecule has 4 aliphatic rings. The van der Waals surface area contributed by atoms with Gasteiger partial charge in [-0.3, -0.25) is 28.8 Å². The number of hydrogen-bond acceptors (Lipinski definition) is 7. The van der Waals surface area contributed by atoms with Gasteiger partial charge < -0.3 is 5.11 Å². The predicted octanol–water partition coefficient (Wildman–Crippen LogP) is 8.66. The summed E-state index contributed by atoms with van der Waals surface area (Å²) < 4.78 is 3.57. The molecule has 4 amide bonds. The van der Waals surface area contributed by atoms with Gasteiger partial charge in [0.25, 0.3) is 0 Å². The van der Waals surface area contributed by atoms with Crippen molar-refractivity contribution < 1.29 is 24.3 Å². The summed E-state index contributed by atoms with van der Waals surface area (Å²) in [6.07, 6.45) is 2.43. The molecule has 53 heavy (non-hydrogen) atoms. The normalized spacial score (nSPS) is 26.7. The molecule has 3 fully saturated rings. The number of amides is 4. The number of carbonyl (C=O) groups excluding carboxylic acids is 4. The van der Waals surface area contributed by atoms with Crippen molar-refractivity contribution >= 4 is 102 Å². The fourth-order valence-corrected chi connectivity index (χ4v) is 11.3. The molecule has 9 nitrogen and oxygen atoms in total. The number of allylic oxidation sites excluding steroid dienone is 2. The van der Waals surface area contributed by atoms with Crippen LogP contribution in [-0.4, -0.2) is 38.5 Å². The Morgan fingerprint density at radius 3 is 2.38 bits per heavy atom. The highest BCUT2D eigenvalue weighted by molar-refractivity contribution is 14.1. The van der Waals surface area contributed by atoms with E-state index in [1.165, 1.54) is 15.9 Å². The molecule has 1 N–H and O–H groups in total. The van der Waals surface area contributed by atoms with Crippen LogP contribution >= 0.6 is 57.1 Å². The van der Waals surface area contributed by atoms with E-state index in [0.717, 1.165) is 29.7 Å². The van der Waals surface area contributed by atoms with Gasteiger partial charge in [-0.05, 0) is 127 Å². The summed E-state index contributed by atoms with van der Waals surface area (Å²) >= 11 is 16.6. The molecule has 268 valence electrons. The largest absolute Gasteiger partial charge is 0.508 e. The number of anilines is 2. The number of thiophene rings is 1. The Morgan fingerprint density at radius 1 is 0.906 bits per heavy atom. The first-order valence-corrected chi connectivity index (χ1v) is 19.9. The molecule has 2 saturated heterocycles. The highest BCUT2D eigenvalue weighted by Crippen LogP contribution is 2.64. The van der Waals surface area contributed by atoms with Gasteiger partial charge in [-0.15, -0.1) is 11.3 Å². The highest BCUT2D eigenvalue weighted by Gasteiger charge is 2.68. The van der Waals surface area contributed by atoms with Crippen LogP contribution < -0.4 is 9.80 Å². The first-order valence-electron chi connectivity index (χ1n) is 17.2. The minimum absolute atomic E-state index is 0.0701. The molecule has 2 aliphatic heterocycles. The summed E-state index contributed by atoms with van der Waals surface area (Å²) in [6, 6.07) is 19.4. The Morgan fingerprint density at radius 2 is 1.62 bits per heavy atom. The summed E-state index contributed by atoms with van der Waals surface area (Å²) in [7, 11) is 1.71. The SMILES string of the molecule is Cc1c(-c2cc(N3C(=O)C4CC5C(=CCC6C(=O)N(c7ccc(I)cc7)C(=O)C65)C(c5cc(Cl)ccc5O)C4(C)C3=O)n(C)n2)sc2ccc(Cl)cc12. The van der Waals surface area contributed by atoms with E-state index in [-0.39, 0.29) is 30.4 Å². The summed E-state index contributed by atoms with van der Waals surface area (Å²) in [5, 5.41) is 18.2. The number of nitrogens with zero attached hydrogens (tertiary/aromatic N) is 4. The molecule has 4 heterocycles. The Hall–Kier alpha value is -4.04. The van der Waals surface area contributed by atoms with Crippen LogP contribution in [0.4, 0.5) is 11.5 Å². The lowest BCUT2D eigenvalue weighted by molar-refractivity contribution is -0.131. The molecule has 0 spiro atoms. The number of fused-ring (bicyclic) bond motifs is 5. The van der Waals surface area contributed by atoms with Crippen molar-refractivity contribution in [1.82, 2.24) is 9.78 Å². The maximum absolute atomic E-state index is 15.1. The Labute approximate surface area is 332 Å². The number of aromatic hydroxyl groups is 1. The van der Waals surface area contributed by atoms with Gasteiger partial charge >= 0.3 is 0 Å². The molecule has 6 unspecified atom stereocenters. The number of benzene rings is 3. The van der Waals surface area contributed by atoms with Crippen molar-refractivity contribution in [1.29, 1.82) is 0 Å². The number of aryl methyl sites for hydroxylation is 2. The van der Waals surface area contributed by atoms with Crippen molar-refractivity contribution in [2.45, 2.75) is 32.6 Å². The smallest absolute Gasteiger partial charge is 0.242 e. The number of carbonyl (C=O) groups is 4. The van der Waals surface area contributed by atoms with Crippen LogP contribution in [0.5, 0.6) is 5.75 Å². The van der Waals surface area contributed by atoms with Crippen molar-refractivity contribution in [3.63, 3.8) is 0 Å². The third kappa shape index (κ3) is 4.96. The molecular formula is C40H31Cl2IN4O5S. The van der Waals surface area contributed by atoms with Crippen molar-refractivity contribution in [3.05, 3.63) is 103 Å². The molecule has 2 aliphatic carbocycles. The quantitative estimate of drug-likeness (QED) is 0.110. The third-order valence-electron chi connectivity index (χ3n) is 11.9. The molecule has 0 radical (unpaired) electrons. The number of aromatic nitrogens is 2. The Kier molecular flexibility index (Phi) is 8.02. The van der Waals surface area contributed by atoms with Crippen LogP contribution in [0.3, 0.4) is 0 Å². The van der Waals surface area contributed by atoms with Crippen LogP contribution in [-0.2, 0) is 26.2 Å². The van der Waals surface area contributed by atoms with E-state index in [1.54, 1.807) is 60.3 Å². The van der Waals surface area contributed by atoms with Gasteiger partial charge in [0.05, 0.1) is 33.7 Å². The van der Waals surface area contributed by atoms with Crippen molar-refractivity contribution in [2.24, 2.45) is 36.1 Å². The second-order valence-electron chi connectivity index (χ2n) is 14.6. The fourth-order valence-electron chi connectivity index (χ4n) is 9.39. The average Bonchev–Trinajstić information content (AvgIpc) is 3.80. The number of imide groups is 2. The minimum Gasteiger partial charge on any atom is -0.508 e. The van der Waals surface area contributed by atoms with Gasteiger partial charge in [0.2, 0.25) is 23.6 Å². The van der Waals surface area contributed by atoms with Crippen LogP contribution in [0.2, 0.25) is 10.0 Å². The molecule has 0 bridgehead atoms. The van der Waals surface area contributed by atoms with Crippen LogP contribution in [0.1, 0.15) is 36.8 Å². The van der Waals surface area contributed by atoms with Crippen LogP contribution in [0.25, 0.3) is 20.7 Å². The zero-order valence-corrected chi connectivity index (χ0v) is 33.1. The van der Waals surface area contributed by atoms with Crippen molar-refractivity contribution in [2.75, 3.05) is 9.80 Å². The second kappa shape index (κ2) is 12.2. The van der Waals surface area contributed by atoms with Crippen LogP contribution in [0.15, 0.2) is 78.4 Å². The number of rotatable bonds is 4. The van der Waals surface area contributed by atoms with Gasteiger partial charge in [0, 0.05) is 42.9 Å². The second-order valence-corrected chi connectivity index (χ2v) is 17.7. The third-order valence-corrected chi connectivity index (χ3v) is 14.4. The van der Waals surface area contributed by atoms with Gasteiger partial charge in [-0.1, -0.05) is 34.9 Å². The van der Waals surface area contributed by atoms with E-state index in [9.17, 15) is 19.5 Å². The number of phenolic OH excluding ortho intramolecular Hbond substituents is 1. The topological polar surface area (TPSA) is 113 Å². The molecule has 9 rings (SSSR count). The summed E-state index contributed by atoms with van der Waals surface area (Å²) in [5.74, 6) is -4.74. The van der Waals surface area contributed by atoms with E-state index in [1.807, 2.05) is 43.3 Å². The number of phenols is 1. The standard InChI is InChI=1S/C40H31Cl2IN4O5S/c1-18-25-14-20(42)5-13-31(25)53-35(18)29-17-32(45(3)44-29)47-37(50)28-16-26-23(34(40(28,2)39(47)52)27-15-19(41)4-12-30(27)48)10-11-24-33(26)38(51)46(36(24)49)22-8-6-21(43)7-9-22/h4-10,12-15,17,24,26,28,33-34,48H,11,16H2,1-3H3. The van der Waals surface area contributed by atoms with Gasteiger partial charge in [-0.25, -0.2) is 4.90 Å². The van der Waals surface area contributed by atoms with Crippen molar-refractivity contribution in [3.8, 4) is 16.3 Å². The lowest BCUT2D eigenvalue weighted by atomic mass is 9.51. The van der Waals surface area contributed by atoms with E-state index >= 15 is 4.79 Å². The molecule has 1 saturated carbocycles. The Balaban J connectivity index is 1.16. The highest BCUT2D eigenvalue weighted by atomic mass is 127. The average molecular weight is 878 g/mol. The molecule has 6 atom stereocenters. The Bertz CT molecular complexity index is 2490. The molecule has 13 heteroatoms. The molecular weight excluding hydrogens is 846 g/mol. The summed E-state index contributed by atoms with van der Waals surface area (Å²) in [6.45, 7) is 3.78. The first-order chi connectivity index (χ1) is 25.3. The summed E-state index contributed by atoms with van der Waals surface area (Å²) in [5.41, 5.74) is 1.93. The van der Waals surface area contributed by atoms with Gasteiger partial charge in [-0.2, -0.15) is 5.10 Å². The summed E-state index contributed by atoms with van der Waals surface area (Å²) in [4.78, 5) is 61.6. The van der Waals surface area contributed by atoms with Crippen LogP contribution in [0, 0.1) is 39.6 Å². The van der Waals surface area contributed by atoms with E-state index < -0.39 is 46.8 Å². The van der Waals surface area contributed by atoms with Gasteiger partial charge in [0.15, 0.2) is 0 Å². The first kappa shape index (κ1) is 34.7. The number of hydrogen-bond donors (Lipinski definition) is 1. The van der Waals surface area contributed by atoms with E-state index in [2.05, 4.69) is 22.6 Å². The maximum atomic E-state index is 15.1. The fraction of sp³-hybridized carbons (Fsp3) is 0.275. The minimum atomic E-state index is -1.36. The van der Waals surface area contributed by atoms with E-state index in [4.69, 9.17) is 28.3 Å². The van der Waals surface area contributed by atoms with E-state index in [0.29, 0.717) is 32.8 Å². The molecule has 5 aromatic rings. The number of halogens is 3. The molecule has 2 aromatic heterocycles. The zero-order chi connectivity index (χ0) is 37.2. The predicted molar refractivity (Wildman–Crippen MR) is 213 cm³/mol. The lowest BCUT2D eigenvalue weighted by Gasteiger charge is -2.49. The monoisotopic (exact) mass is 876 g/mol. The van der Waals surface area contributed by atoms with Gasteiger partial charge in [0.1, 0.15) is 17.3 Å². The lowest BCUT2D eigenvalue weighted by Crippen LogP contribution is -2.49. The maximum Gasteiger partial charge on any atom is 0.242 e.